The van der Waals surface area contributed by atoms with Gasteiger partial charge in [0, 0.05) is 4.47 Å². The predicted octanol–water partition coefficient (Wildman–Crippen LogP) is 1.72. The van der Waals surface area contributed by atoms with Crippen molar-refractivity contribution in [2.75, 3.05) is 7.11 Å². The highest BCUT2D eigenvalue weighted by atomic mass is 79.9. The van der Waals surface area contributed by atoms with Crippen molar-refractivity contribution in [3.05, 3.63) is 33.8 Å². The summed E-state index contributed by atoms with van der Waals surface area (Å²) in [7, 11) is 1.37. The number of rotatable bonds is 1. The molecular formula is C11H12BrNO2. The van der Waals surface area contributed by atoms with Crippen molar-refractivity contribution >= 4 is 21.9 Å². The van der Waals surface area contributed by atoms with E-state index < -0.39 is 5.54 Å². The number of nitrogens with two attached hydrogens (primary N) is 1. The molecule has 0 bridgehead atoms. The second kappa shape index (κ2) is 3.61. The van der Waals surface area contributed by atoms with E-state index in [9.17, 15) is 4.79 Å². The number of carbonyl (C=O) groups excluding carboxylic acids is 1. The Balaban J connectivity index is 2.53. The molecule has 1 aromatic rings. The number of hydrogen-bond acceptors (Lipinski definition) is 3. The number of ether oxygens (including phenoxy) is 1. The lowest BCUT2D eigenvalue weighted by Gasteiger charge is -2.21. The Hall–Kier alpha value is -0.870. The topological polar surface area (TPSA) is 52.3 Å². The molecule has 1 aliphatic rings. The molecule has 80 valence electrons. The second-order valence-corrected chi connectivity index (χ2v) is 4.58. The van der Waals surface area contributed by atoms with E-state index in [-0.39, 0.29) is 5.97 Å². The molecule has 0 fully saturated rings. The number of benzene rings is 1. The summed E-state index contributed by atoms with van der Waals surface area (Å²) in [6.07, 6.45) is 1.42. The van der Waals surface area contributed by atoms with Gasteiger partial charge in [0.05, 0.1) is 7.11 Å². The smallest absolute Gasteiger partial charge is 0.330 e. The standard InChI is InChI=1S/C11H12BrNO2/c1-15-10(14)11(13)6-5-7-8(11)3-2-4-9(7)12/h2-4H,5-6,13H2,1H3. The van der Waals surface area contributed by atoms with Gasteiger partial charge in [0.2, 0.25) is 0 Å². The van der Waals surface area contributed by atoms with Gasteiger partial charge < -0.3 is 10.5 Å². The van der Waals surface area contributed by atoms with Crippen LogP contribution in [0.15, 0.2) is 22.7 Å². The molecule has 15 heavy (non-hydrogen) atoms. The van der Waals surface area contributed by atoms with Gasteiger partial charge in [-0.15, -0.1) is 0 Å². The molecule has 0 radical (unpaired) electrons. The van der Waals surface area contributed by atoms with E-state index in [0.717, 1.165) is 22.0 Å². The van der Waals surface area contributed by atoms with Crippen molar-refractivity contribution in [1.29, 1.82) is 0 Å². The van der Waals surface area contributed by atoms with Crippen LogP contribution in [0, 0.1) is 0 Å². The van der Waals surface area contributed by atoms with Crippen LogP contribution in [0.4, 0.5) is 0 Å². The number of esters is 1. The molecule has 0 aromatic heterocycles. The summed E-state index contributed by atoms with van der Waals surface area (Å²) in [4.78, 5) is 11.6. The molecule has 0 heterocycles. The molecule has 1 atom stereocenters. The minimum absolute atomic E-state index is 0.362. The average Bonchev–Trinajstić information content (AvgIpc) is 2.59. The third-order valence-corrected chi connectivity index (χ3v) is 3.66. The van der Waals surface area contributed by atoms with Gasteiger partial charge >= 0.3 is 5.97 Å². The first-order chi connectivity index (χ1) is 7.09. The number of fused-ring (bicyclic) bond motifs is 1. The van der Waals surface area contributed by atoms with E-state index in [1.165, 1.54) is 7.11 Å². The van der Waals surface area contributed by atoms with Crippen molar-refractivity contribution < 1.29 is 9.53 Å². The Labute approximate surface area is 96.7 Å². The normalized spacial score (nSPS) is 23.7. The van der Waals surface area contributed by atoms with E-state index in [4.69, 9.17) is 10.5 Å². The summed E-state index contributed by atoms with van der Waals surface area (Å²) in [6, 6.07) is 5.74. The molecule has 0 saturated carbocycles. The van der Waals surface area contributed by atoms with Crippen LogP contribution in [-0.4, -0.2) is 13.1 Å². The number of carbonyl (C=O) groups is 1. The maximum absolute atomic E-state index is 11.6. The highest BCUT2D eigenvalue weighted by Crippen LogP contribution is 2.39. The van der Waals surface area contributed by atoms with E-state index in [2.05, 4.69) is 15.9 Å². The largest absolute Gasteiger partial charge is 0.467 e. The minimum Gasteiger partial charge on any atom is -0.467 e. The Morgan fingerprint density at radius 3 is 3.00 bits per heavy atom. The fraction of sp³-hybridized carbons (Fsp3) is 0.364. The number of halogens is 1. The Morgan fingerprint density at radius 1 is 1.60 bits per heavy atom. The van der Waals surface area contributed by atoms with Gasteiger partial charge in [0.1, 0.15) is 5.54 Å². The van der Waals surface area contributed by atoms with E-state index >= 15 is 0 Å². The zero-order chi connectivity index (χ0) is 11.1. The Kier molecular flexibility index (Phi) is 2.56. The van der Waals surface area contributed by atoms with Crippen LogP contribution in [-0.2, 0) is 21.5 Å². The van der Waals surface area contributed by atoms with Crippen molar-refractivity contribution in [3.8, 4) is 0 Å². The predicted molar refractivity (Wildman–Crippen MR) is 60.3 cm³/mol. The van der Waals surface area contributed by atoms with Crippen LogP contribution in [0.2, 0.25) is 0 Å². The van der Waals surface area contributed by atoms with Crippen LogP contribution in [0.1, 0.15) is 17.5 Å². The lowest BCUT2D eigenvalue weighted by atomic mass is 9.93. The highest BCUT2D eigenvalue weighted by molar-refractivity contribution is 9.10. The first-order valence-corrected chi connectivity index (χ1v) is 5.54. The van der Waals surface area contributed by atoms with Crippen LogP contribution >= 0.6 is 15.9 Å². The van der Waals surface area contributed by atoms with Gasteiger partial charge in [-0.2, -0.15) is 0 Å². The maximum atomic E-state index is 11.6. The molecule has 0 aliphatic heterocycles. The SMILES string of the molecule is COC(=O)C1(N)CCc2c(Br)cccc21. The second-order valence-electron chi connectivity index (χ2n) is 3.73. The lowest BCUT2D eigenvalue weighted by molar-refractivity contribution is -0.147. The summed E-state index contributed by atoms with van der Waals surface area (Å²) >= 11 is 3.46. The molecule has 2 rings (SSSR count). The molecule has 1 unspecified atom stereocenters. The van der Waals surface area contributed by atoms with Gasteiger partial charge in [0.25, 0.3) is 0 Å². The molecular weight excluding hydrogens is 258 g/mol. The van der Waals surface area contributed by atoms with E-state index in [0.29, 0.717) is 6.42 Å². The summed E-state index contributed by atoms with van der Waals surface area (Å²) in [5.41, 5.74) is 7.13. The van der Waals surface area contributed by atoms with Gasteiger partial charge in [-0.05, 0) is 30.0 Å². The fourth-order valence-electron chi connectivity index (χ4n) is 2.08. The summed E-state index contributed by atoms with van der Waals surface area (Å²) in [6.45, 7) is 0. The molecule has 2 N–H and O–H groups in total. The van der Waals surface area contributed by atoms with Crippen molar-refractivity contribution in [3.63, 3.8) is 0 Å². The van der Waals surface area contributed by atoms with Crippen LogP contribution in [0.5, 0.6) is 0 Å². The Bertz CT molecular complexity index is 419. The van der Waals surface area contributed by atoms with Gasteiger partial charge in [0.15, 0.2) is 0 Å². The van der Waals surface area contributed by atoms with Gasteiger partial charge in [-0.1, -0.05) is 28.1 Å². The zero-order valence-corrected chi connectivity index (χ0v) is 10.0. The third kappa shape index (κ3) is 1.48. The lowest BCUT2D eigenvalue weighted by Crippen LogP contribution is -2.43. The molecule has 0 spiro atoms. The van der Waals surface area contributed by atoms with Crippen LogP contribution in [0.3, 0.4) is 0 Å². The number of methoxy groups -OCH3 is 1. The summed E-state index contributed by atoms with van der Waals surface area (Å²) < 4.78 is 5.77. The van der Waals surface area contributed by atoms with Gasteiger partial charge in [-0.3, -0.25) is 0 Å². The van der Waals surface area contributed by atoms with Crippen molar-refractivity contribution in [2.24, 2.45) is 5.73 Å². The van der Waals surface area contributed by atoms with Gasteiger partial charge in [-0.25, -0.2) is 4.79 Å². The van der Waals surface area contributed by atoms with Crippen molar-refractivity contribution in [1.82, 2.24) is 0 Å². The van der Waals surface area contributed by atoms with E-state index in [1.807, 2.05) is 18.2 Å². The first kappa shape index (κ1) is 10.6. The van der Waals surface area contributed by atoms with Crippen molar-refractivity contribution in [2.45, 2.75) is 18.4 Å². The fourth-order valence-corrected chi connectivity index (χ4v) is 2.65. The third-order valence-electron chi connectivity index (χ3n) is 2.92. The Morgan fingerprint density at radius 2 is 2.33 bits per heavy atom. The summed E-state index contributed by atoms with van der Waals surface area (Å²) in [5.74, 6) is -0.362. The van der Waals surface area contributed by atoms with Crippen LogP contribution in [0.25, 0.3) is 0 Å². The average molecular weight is 270 g/mol. The molecule has 4 heteroatoms. The highest BCUT2D eigenvalue weighted by Gasteiger charge is 2.43. The monoisotopic (exact) mass is 269 g/mol. The maximum Gasteiger partial charge on any atom is 0.330 e. The first-order valence-electron chi connectivity index (χ1n) is 4.75. The zero-order valence-electron chi connectivity index (χ0n) is 8.42. The minimum atomic E-state index is -0.964. The molecule has 0 amide bonds. The number of hydrogen-bond donors (Lipinski definition) is 1. The molecule has 0 saturated heterocycles. The summed E-state index contributed by atoms with van der Waals surface area (Å²) in [5, 5.41) is 0. The quantitative estimate of drug-likeness (QED) is 0.790. The molecule has 1 aromatic carbocycles. The molecule has 1 aliphatic carbocycles. The van der Waals surface area contributed by atoms with E-state index in [1.54, 1.807) is 0 Å². The molecule has 3 nitrogen and oxygen atoms in total. The van der Waals surface area contributed by atoms with Crippen LogP contribution < -0.4 is 5.73 Å².